The van der Waals surface area contributed by atoms with E-state index < -0.39 is 18.3 Å². The fourth-order valence-corrected chi connectivity index (χ4v) is 1.63. The zero-order valence-electron chi connectivity index (χ0n) is 9.38. The number of carboxylic acids is 1. The van der Waals surface area contributed by atoms with Crippen molar-refractivity contribution in [2.75, 3.05) is 6.79 Å². The van der Waals surface area contributed by atoms with E-state index in [1.165, 1.54) is 6.08 Å². The van der Waals surface area contributed by atoms with Crippen molar-refractivity contribution in [1.82, 2.24) is 0 Å². The lowest BCUT2D eigenvalue weighted by atomic mass is 10.1. The minimum absolute atomic E-state index is 0.00593. The number of para-hydroxylation sites is 1. The highest BCUT2D eigenvalue weighted by Crippen LogP contribution is 2.36. The number of benzene rings is 1. The van der Waals surface area contributed by atoms with Crippen molar-refractivity contribution in [3.63, 3.8) is 0 Å². The van der Waals surface area contributed by atoms with Crippen molar-refractivity contribution >= 4 is 18.0 Å². The van der Waals surface area contributed by atoms with Crippen LogP contribution in [-0.4, -0.2) is 23.8 Å². The highest BCUT2D eigenvalue weighted by molar-refractivity contribution is 6.00. The number of rotatable bonds is 4. The molecule has 0 bridgehead atoms. The predicted molar refractivity (Wildman–Crippen MR) is 62.0 cm³/mol. The van der Waals surface area contributed by atoms with Crippen LogP contribution in [0.4, 0.5) is 0 Å². The summed E-state index contributed by atoms with van der Waals surface area (Å²) >= 11 is 0. The summed E-state index contributed by atoms with van der Waals surface area (Å²) in [5.41, 5.74) is 5.71. The summed E-state index contributed by atoms with van der Waals surface area (Å²) in [6.07, 6.45) is 0.976. The number of hydrogen-bond acceptors (Lipinski definition) is 4. The number of nitrogens with two attached hydrogens (primary N) is 1. The second-order valence-electron chi connectivity index (χ2n) is 3.69. The molecule has 1 amide bonds. The molecule has 94 valence electrons. The molecule has 1 aliphatic heterocycles. The maximum atomic E-state index is 11.2. The van der Waals surface area contributed by atoms with E-state index >= 15 is 0 Å². The topological polar surface area (TPSA) is 98.9 Å². The molecule has 0 saturated carbocycles. The van der Waals surface area contributed by atoms with Gasteiger partial charge in [0.05, 0.1) is 6.42 Å². The van der Waals surface area contributed by atoms with E-state index in [9.17, 15) is 9.59 Å². The van der Waals surface area contributed by atoms with Crippen molar-refractivity contribution < 1.29 is 24.2 Å². The minimum Gasteiger partial charge on any atom is -0.481 e. The van der Waals surface area contributed by atoms with Crippen LogP contribution in [0.25, 0.3) is 6.08 Å². The molecule has 3 N–H and O–H groups in total. The molecule has 0 spiro atoms. The number of fused-ring (bicyclic) bond motifs is 1. The van der Waals surface area contributed by atoms with Gasteiger partial charge in [0.25, 0.3) is 0 Å². The van der Waals surface area contributed by atoms with Gasteiger partial charge in [-0.2, -0.15) is 0 Å². The smallest absolute Gasteiger partial charge is 0.308 e. The number of carbonyl (C=O) groups is 2. The van der Waals surface area contributed by atoms with Crippen molar-refractivity contribution in [1.29, 1.82) is 0 Å². The second kappa shape index (κ2) is 4.79. The summed E-state index contributed by atoms with van der Waals surface area (Å²) < 4.78 is 10.4. The molecule has 0 aliphatic carbocycles. The van der Waals surface area contributed by atoms with Gasteiger partial charge < -0.3 is 20.3 Å². The molecule has 6 heteroatoms. The third-order valence-electron chi connectivity index (χ3n) is 2.41. The number of aliphatic carboxylic acids is 1. The van der Waals surface area contributed by atoms with Gasteiger partial charge in [-0.15, -0.1) is 0 Å². The summed E-state index contributed by atoms with van der Waals surface area (Å²) in [6.45, 7) is 0.102. The quantitative estimate of drug-likeness (QED) is 0.767. The molecule has 0 fully saturated rings. The van der Waals surface area contributed by atoms with Gasteiger partial charge in [0, 0.05) is 11.1 Å². The summed E-state index contributed by atoms with van der Waals surface area (Å²) in [5.74, 6) is -0.844. The van der Waals surface area contributed by atoms with Crippen LogP contribution < -0.4 is 15.2 Å². The van der Waals surface area contributed by atoms with Crippen LogP contribution in [0.2, 0.25) is 0 Å². The van der Waals surface area contributed by atoms with Crippen molar-refractivity contribution in [3.8, 4) is 11.5 Å². The first-order valence-corrected chi connectivity index (χ1v) is 5.18. The van der Waals surface area contributed by atoms with E-state index in [1.807, 2.05) is 0 Å². The Morgan fingerprint density at radius 2 is 2.17 bits per heavy atom. The molecule has 1 aromatic rings. The van der Waals surface area contributed by atoms with Gasteiger partial charge >= 0.3 is 5.97 Å². The minimum atomic E-state index is -1.12. The lowest BCUT2D eigenvalue weighted by molar-refractivity contribution is -0.136. The monoisotopic (exact) mass is 249 g/mol. The average molecular weight is 249 g/mol. The molecule has 0 unspecified atom stereocenters. The Labute approximate surface area is 103 Å². The fourth-order valence-electron chi connectivity index (χ4n) is 1.63. The first-order valence-electron chi connectivity index (χ1n) is 5.18. The Morgan fingerprint density at radius 3 is 2.83 bits per heavy atom. The first kappa shape index (κ1) is 12.0. The van der Waals surface area contributed by atoms with E-state index in [2.05, 4.69) is 0 Å². The number of ether oxygens (including phenoxy) is 2. The number of primary amides is 1. The summed E-state index contributed by atoms with van der Waals surface area (Å²) in [7, 11) is 0. The fraction of sp³-hybridized carbons (Fsp3) is 0.167. The highest BCUT2D eigenvalue weighted by atomic mass is 16.7. The first-order chi connectivity index (χ1) is 8.58. The molecule has 2 rings (SSSR count). The van der Waals surface area contributed by atoms with Gasteiger partial charge in [-0.3, -0.25) is 9.59 Å². The Balaban J connectivity index is 2.39. The molecule has 1 aromatic carbocycles. The summed E-state index contributed by atoms with van der Waals surface area (Å²) in [6, 6.07) is 5.14. The van der Waals surface area contributed by atoms with Gasteiger partial charge in [-0.05, 0) is 12.1 Å². The molecule has 0 saturated heterocycles. The highest BCUT2D eigenvalue weighted by Gasteiger charge is 2.18. The normalized spacial score (nSPS) is 13.4. The van der Waals surface area contributed by atoms with Gasteiger partial charge in [0.1, 0.15) is 0 Å². The molecule has 1 heterocycles. The van der Waals surface area contributed by atoms with Crippen LogP contribution in [0.3, 0.4) is 0 Å². The SMILES string of the molecule is NC(=O)C(=Cc1cccc2c1OCO2)CC(=O)O. The van der Waals surface area contributed by atoms with Gasteiger partial charge in [0.2, 0.25) is 12.7 Å². The molecular formula is C12H11NO5. The molecule has 18 heavy (non-hydrogen) atoms. The predicted octanol–water partition coefficient (Wildman–Crippen LogP) is 0.759. The van der Waals surface area contributed by atoms with Crippen molar-refractivity contribution in [3.05, 3.63) is 29.3 Å². The maximum Gasteiger partial charge on any atom is 0.308 e. The van der Waals surface area contributed by atoms with Crippen molar-refractivity contribution in [2.45, 2.75) is 6.42 Å². The number of carbonyl (C=O) groups excluding carboxylic acids is 1. The van der Waals surface area contributed by atoms with Crippen LogP contribution in [0, 0.1) is 0 Å². The molecule has 0 atom stereocenters. The largest absolute Gasteiger partial charge is 0.481 e. The number of hydrogen-bond donors (Lipinski definition) is 2. The van der Waals surface area contributed by atoms with Crippen LogP contribution in [-0.2, 0) is 9.59 Å². The zero-order chi connectivity index (χ0) is 13.1. The molecule has 6 nitrogen and oxygen atoms in total. The molecule has 1 aliphatic rings. The number of amides is 1. The number of carboxylic acid groups (broad SMARTS) is 1. The van der Waals surface area contributed by atoms with Crippen LogP contribution >= 0.6 is 0 Å². The van der Waals surface area contributed by atoms with E-state index in [1.54, 1.807) is 18.2 Å². The lowest BCUT2D eigenvalue weighted by Gasteiger charge is -2.03. The van der Waals surface area contributed by atoms with Gasteiger partial charge in [-0.25, -0.2) is 0 Å². The average Bonchev–Trinajstić information content (AvgIpc) is 2.76. The standard InChI is InChI=1S/C12H11NO5/c13-12(16)8(5-10(14)15)4-7-2-1-3-9-11(7)18-6-17-9/h1-4H,5-6H2,(H2,13,16)(H,14,15). The Bertz CT molecular complexity index is 535. The third-order valence-corrected chi connectivity index (χ3v) is 2.41. The van der Waals surface area contributed by atoms with Gasteiger partial charge in [0.15, 0.2) is 11.5 Å². The van der Waals surface area contributed by atoms with E-state index in [0.717, 1.165) is 0 Å². The third kappa shape index (κ3) is 2.42. The summed E-state index contributed by atoms with van der Waals surface area (Å²) in [4.78, 5) is 21.8. The lowest BCUT2D eigenvalue weighted by Crippen LogP contribution is -2.16. The zero-order valence-corrected chi connectivity index (χ0v) is 9.38. The van der Waals surface area contributed by atoms with E-state index in [0.29, 0.717) is 17.1 Å². The Morgan fingerprint density at radius 1 is 1.39 bits per heavy atom. The summed E-state index contributed by atoms with van der Waals surface area (Å²) in [5, 5.41) is 8.70. The van der Waals surface area contributed by atoms with Crippen molar-refractivity contribution in [2.24, 2.45) is 5.73 Å². The Kier molecular flexibility index (Phi) is 3.18. The Hall–Kier alpha value is -2.50. The second-order valence-corrected chi connectivity index (χ2v) is 3.69. The maximum absolute atomic E-state index is 11.2. The van der Waals surface area contributed by atoms with Crippen LogP contribution in [0.1, 0.15) is 12.0 Å². The molecular weight excluding hydrogens is 238 g/mol. The molecule has 0 radical (unpaired) electrons. The van der Waals surface area contributed by atoms with E-state index in [-0.39, 0.29) is 12.4 Å². The molecule has 0 aromatic heterocycles. The van der Waals surface area contributed by atoms with Crippen LogP contribution in [0.5, 0.6) is 11.5 Å². The van der Waals surface area contributed by atoms with Gasteiger partial charge in [-0.1, -0.05) is 12.1 Å². The van der Waals surface area contributed by atoms with E-state index in [4.69, 9.17) is 20.3 Å². The van der Waals surface area contributed by atoms with Crippen LogP contribution in [0.15, 0.2) is 23.8 Å².